The quantitative estimate of drug-likeness (QED) is 0.628. The van der Waals surface area contributed by atoms with Crippen LogP contribution in [0.1, 0.15) is 0 Å². The lowest BCUT2D eigenvalue weighted by Gasteiger charge is -2.11. The van der Waals surface area contributed by atoms with Gasteiger partial charge in [-0.25, -0.2) is 4.79 Å². The average Bonchev–Trinajstić information content (AvgIpc) is 2.82. The fourth-order valence-corrected chi connectivity index (χ4v) is 1.79. The van der Waals surface area contributed by atoms with Crippen LogP contribution in [0.5, 0.6) is 0 Å². The molecule has 0 atom stereocenters. The molecule has 2 heterocycles. The van der Waals surface area contributed by atoms with Gasteiger partial charge in [0.1, 0.15) is 0 Å². The minimum Gasteiger partial charge on any atom is -0.358 e. The summed E-state index contributed by atoms with van der Waals surface area (Å²) in [6.45, 7) is 2.08. The summed E-state index contributed by atoms with van der Waals surface area (Å²) in [7, 11) is 0. The third-order valence-electron chi connectivity index (χ3n) is 2.42. The van der Waals surface area contributed by atoms with Crippen molar-refractivity contribution >= 4 is 23.4 Å². The zero-order valence-electron chi connectivity index (χ0n) is 8.80. The molecule has 2 amide bonds. The number of urea groups is 1. The Morgan fingerprint density at radius 1 is 1.59 bits per heavy atom. The maximum Gasteiger partial charge on any atom is 0.408 e. The minimum atomic E-state index is -0.638. The SMILES string of the molecule is O=C1NCCN1CCn1cc(Cl)c([N+](=O)[O-])n1. The first-order valence-electron chi connectivity index (χ1n) is 4.98. The van der Waals surface area contributed by atoms with Gasteiger partial charge in [0.25, 0.3) is 0 Å². The number of halogens is 1. The Kier molecular flexibility index (Phi) is 3.14. The first-order chi connectivity index (χ1) is 8.08. The van der Waals surface area contributed by atoms with Crippen molar-refractivity contribution in [1.29, 1.82) is 0 Å². The van der Waals surface area contributed by atoms with Crippen molar-refractivity contribution in [3.05, 3.63) is 21.3 Å². The predicted molar refractivity (Wildman–Crippen MR) is 58.9 cm³/mol. The first-order valence-corrected chi connectivity index (χ1v) is 5.36. The molecule has 0 aliphatic carbocycles. The largest absolute Gasteiger partial charge is 0.408 e. The molecule has 1 aromatic rings. The van der Waals surface area contributed by atoms with Crippen LogP contribution in [0.2, 0.25) is 5.02 Å². The first kappa shape index (κ1) is 11.6. The highest BCUT2D eigenvalue weighted by Crippen LogP contribution is 2.21. The summed E-state index contributed by atoms with van der Waals surface area (Å²) in [6.07, 6.45) is 1.38. The Hall–Kier alpha value is -1.83. The van der Waals surface area contributed by atoms with Gasteiger partial charge in [-0.15, -0.1) is 0 Å². The lowest BCUT2D eigenvalue weighted by atomic mass is 10.5. The highest BCUT2D eigenvalue weighted by molar-refractivity contribution is 6.32. The van der Waals surface area contributed by atoms with Crippen molar-refractivity contribution in [2.45, 2.75) is 6.54 Å². The van der Waals surface area contributed by atoms with Gasteiger partial charge in [-0.3, -0.25) is 0 Å². The van der Waals surface area contributed by atoms with E-state index in [9.17, 15) is 14.9 Å². The zero-order valence-corrected chi connectivity index (χ0v) is 9.55. The molecule has 0 bridgehead atoms. The highest BCUT2D eigenvalue weighted by atomic mass is 35.5. The van der Waals surface area contributed by atoms with Crippen LogP contribution in [-0.2, 0) is 6.54 Å². The summed E-state index contributed by atoms with van der Waals surface area (Å²) in [6, 6.07) is -0.127. The van der Waals surface area contributed by atoms with E-state index in [1.54, 1.807) is 4.90 Å². The summed E-state index contributed by atoms with van der Waals surface area (Å²) in [4.78, 5) is 22.7. The van der Waals surface area contributed by atoms with Crippen molar-refractivity contribution in [2.24, 2.45) is 0 Å². The van der Waals surface area contributed by atoms with E-state index in [1.165, 1.54) is 10.9 Å². The fourth-order valence-electron chi connectivity index (χ4n) is 1.57. The molecule has 1 saturated heterocycles. The molecule has 17 heavy (non-hydrogen) atoms. The molecule has 1 aliphatic heterocycles. The number of carbonyl (C=O) groups is 1. The fraction of sp³-hybridized carbons (Fsp3) is 0.500. The van der Waals surface area contributed by atoms with Gasteiger partial charge in [-0.05, 0) is 4.92 Å². The second-order valence-corrected chi connectivity index (χ2v) is 3.95. The van der Waals surface area contributed by atoms with E-state index in [4.69, 9.17) is 11.6 Å². The van der Waals surface area contributed by atoms with Crippen molar-refractivity contribution in [3.8, 4) is 0 Å². The number of amides is 2. The Morgan fingerprint density at radius 3 is 2.88 bits per heavy atom. The molecular formula is C8H10ClN5O3. The van der Waals surface area contributed by atoms with E-state index in [0.29, 0.717) is 26.2 Å². The third kappa shape index (κ3) is 2.47. The van der Waals surface area contributed by atoms with E-state index < -0.39 is 4.92 Å². The van der Waals surface area contributed by atoms with Gasteiger partial charge in [0, 0.05) is 19.6 Å². The van der Waals surface area contributed by atoms with Crippen LogP contribution in [0.4, 0.5) is 10.6 Å². The van der Waals surface area contributed by atoms with Crippen LogP contribution in [-0.4, -0.2) is 45.3 Å². The standard InChI is InChI=1S/C8H10ClN5O3/c9-6-5-13(11-7(6)14(16)17)4-3-12-2-1-10-8(12)15/h5H,1-4H2,(H,10,15). The molecule has 9 heteroatoms. The number of hydrogen-bond acceptors (Lipinski definition) is 4. The van der Waals surface area contributed by atoms with Crippen LogP contribution in [0.15, 0.2) is 6.20 Å². The summed E-state index contributed by atoms with van der Waals surface area (Å²) >= 11 is 5.65. The Bertz CT molecular complexity index is 460. The normalized spacial score (nSPS) is 15.1. The van der Waals surface area contributed by atoms with Crippen LogP contribution in [0.25, 0.3) is 0 Å². The summed E-state index contributed by atoms with van der Waals surface area (Å²) in [5.41, 5.74) is 0. The Morgan fingerprint density at radius 2 is 2.35 bits per heavy atom. The smallest absolute Gasteiger partial charge is 0.358 e. The van der Waals surface area contributed by atoms with Crippen LogP contribution < -0.4 is 5.32 Å². The van der Waals surface area contributed by atoms with Crippen LogP contribution in [0, 0.1) is 10.1 Å². The molecule has 0 saturated carbocycles. The lowest BCUT2D eigenvalue weighted by molar-refractivity contribution is -0.389. The Labute approximate surface area is 101 Å². The molecule has 2 rings (SSSR count). The maximum absolute atomic E-state index is 11.2. The maximum atomic E-state index is 11.2. The molecule has 1 aliphatic rings. The number of hydrogen-bond donors (Lipinski definition) is 1. The predicted octanol–water partition coefficient (Wildman–Crippen LogP) is 0.470. The van der Waals surface area contributed by atoms with Gasteiger partial charge in [0.2, 0.25) is 0 Å². The monoisotopic (exact) mass is 259 g/mol. The molecule has 92 valence electrons. The molecule has 0 unspecified atom stereocenters. The number of aromatic nitrogens is 2. The highest BCUT2D eigenvalue weighted by Gasteiger charge is 2.22. The van der Waals surface area contributed by atoms with Gasteiger partial charge >= 0.3 is 11.8 Å². The van der Waals surface area contributed by atoms with Gasteiger partial charge in [-0.1, -0.05) is 11.6 Å². The number of rotatable bonds is 4. The van der Waals surface area contributed by atoms with Crippen molar-refractivity contribution < 1.29 is 9.72 Å². The van der Waals surface area contributed by atoms with Gasteiger partial charge in [0.15, 0.2) is 5.02 Å². The summed E-state index contributed by atoms with van der Waals surface area (Å²) < 4.78 is 1.37. The van der Waals surface area contributed by atoms with E-state index in [2.05, 4.69) is 10.4 Å². The Balaban J connectivity index is 1.97. The molecule has 1 aromatic heterocycles. The third-order valence-corrected chi connectivity index (χ3v) is 2.68. The number of carbonyl (C=O) groups excluding carboxylic acids is 1. The summed E-state index contributed by atoms with van der Waals surface area (Å²) in [5.74, 6) is -0.363. The number of nitro groups is 1. The van der Waals surface area contributed by atoms with E-state index >= 15 is 0 Å². The second-order valence-electron chi connectivity index (χ2n) is 3.54. The molecule has 1 fully saturated rings. The molecule has 0 spiro atoms. The minimum absolute atomic E-state index is 0.000809. The topological polar surface area (TPSA) is 93.3 Å². The van der Waals surface area contributed by atoms with E-state index in [1.807, 2.05) is 0 Å². The van der Waals surface area contributed by atoms with Crippen molar-refractivity contribution in [1.82, 2.24) is 20.0 Å². The van der Waals surface area contributed by atoms with Crippen molar-refractivity contribution in [2.75, 3.05) is 19.6 Å². The number of nitrogens with one attached hydrogen (secondary N) is 1. The lowest BCUT2D eigenvalue weighted by Crippen LogP contribution is -2.31. The molecule has 1 N–H and O–H groups in total. The summed E-state index contributed by atoms with van der Waals surface area (Å²) in [5, 5.41) is 16.9. The van der Waals surface area contributed by atoms with E-state index in [0.717, 1.165) is 0 Å². The molecular weight excluding hydrogens is 250 g/mol. The van der Waals surface area contributed by atoms with E-state index in [-0.39, 0.29) is 16.9 Å². The second kappa shape index (κ2) is 4.58. The molecule has 8 nitrogen and oxygen atoms in total. The zero-order chi connectivity index (χ0) is 12.4. The van der Waals surface area contributed by atoms with Gasteiger partial charge in [0.05, 0.1) is 17.8 Å². The number of nitrogens with zero attached hydrogens (tertiary/aromatic N) is 4. The molecule has 0 radical (unpaired) electrons. The average molecular weight is 260 g/mol. The molecule has 0 aromatic carbocycles. The van der Waals surface area contributed by atoms with Crippen LogP contribution >= 0.6 is 11.6 Å². The van der Waals surface area contributed by atoms with Gasteiger partial charge < -0.3 is 20.3 Å². The van der Waals surface area contributed by atoms with Crippen molar-refractivity contribution in [3.63, 3.8) is 0 Å². The van der Waals surface area contributed by atoms with Crippen LogP contribution in [0.3, 0.4) is 0 Å². The van der Waals surface area contributed by atoms with Gasteiger partial charge in [-0.2, -0.15) is 4.68 Å².